The maximum absolute atomic E-state index is 5.63. The molecule has 2 aliphatic rings. The van der Waals surface area contributed by atoms with Crippen molar-refractivity contribution in [1.29, 1.82) is 0 Å². The fourth-order valence-electron chi connectivity index (χ4n) is 3.33. The van der Waals surface area contributed by atoms with Gasteiger partial charge in [-0.2, -0.15) is 0 Å². The molecule has 2 fully saturated rings. The van der Waals surface area contributed by atoms with Crippen molar-refractivity contribution in [2.45, 2.75) is 18.9 Å². The van der Waals surface area contributed by atoms with E-state index in [9.17, 15) is 0 Å². The van der Waals surface area contributed by atoms with Crippen LogP contribution in [-0.2, 0) is 11.2 Å². The maximum Gasteiger partial charge on any atom is 0.0594 e. The second-order valence-corrected chi connectivity index (χ2v) is 6.72. The molecular weight excluding hydrogens is 330 g/mol. The van der Waals surface area contributed by atoms with Crippen molar-refractivity contribution in [3.8, 4) is 0 Å². The lowest BCUT2D eigenvalue weighted by atomic mass is 10.1. The molecule has 4 nitrogen and oxygen atoms in total. The van der Waals surface area contributed by atoms with Crippen molar-refractivity contribution in [2.24, 2.45) is 5.73 Å². The summed E-state index contributed by atoms with van der Waals surface area (Å²) in [5.41, 5.74) is 8.24. The first kappa shape index (κ1) is 15.3. The minimum atomic E-state index is 0.671. The predicted octanol–water partition coefficient (Wildman–Crippen LogP) is 1.86. The highest BCUT2D eigenvalue weighted by Crippen LogP contribution is 2.31. The molecule has 0 aromatic heterocycles. The van der Waals surface area contributed by atoms with E-state index in [1.807, 2.05) is 0 Å². The number of ether oxygens (including phenoxy) is 1. The van der Waals surface area contributed by atoms with Gasteiger partial charge in [-0.1, -0.05) is 6.07 Å². The van der Waals surface area contributed by atoms with Crippen LogP contribution in [0.4, 0.5) is 5.69 Å². The summed E-state index contributed by atoms with van der Waals surface area (Å²) in [6.07, 6.45) is 2.19. The van der Waals surface area contributed by atoms with Crippen molar-refractivity contribution >= 4 is 21.6 Å². The van der Waals surface area contributed by atoms with Gasteiger partial charge in [0.05, 0.1) is 18.9 Å². The highest BCUT2D eigenvalue weighted by Gasteiger charge is 2.29. The van der Waals surface area contributed by atoms with Crippen molar-refractivity contribution in [3.05, 3.63) is 28.2 Å². The molecule has 5 heteroatoms. The Balaban J connectivity index is 1.65. The fourth-order valence-corrected chi connectivity index (χ4v) is 4.01. The van der Waals surface area contributed by atoms with Gasteiger partial charge in [0.1, 0.15) is 0 Å². The molecule has 1 aromatic carbocycles. The van der Waals surface area contributed by atoms with E-state index in [-0.39, 0.29) is 0 Å². The topological polar surface area (TPSA) is 41.7 Å². The highest BCUT2D eigenvalue weighted by molar-refractivity contribution is 9.10. The van der Waals surface area contributed by atoms with E-state index in [1.165, 1.54) is 22.1 Å². The zero-order valence-electron chi connectivity index (χ0n) is 12.4. The molecule has 2 heterocycles. The Hall–Kier alpha value is -0.620. The monoisotopic (exact) mass is 353 g/mol. The number of rotatable bonds is 4. The summed E-state index contributed by atoms with van der Waals surface area (Å²) >= 11 is 3.73. The summed E-state index contributed by atoms with van der Waals surface area (Å²) in [5.74, 6) is 0. The number of morpholine rings is 1. The lowest BCUT2D eigenvalue weighted by molar-refractivity contribution is 0.0209. The third kappa shape index (κ3) is 3.59. The van der Waals surface area contributed by atoms with E-state index in [4.69, 9.17) is 10.5 Å². The molecule has 1 unspecified atom stereocenters. The molecule has 3 rings (SSSR count). The predicted molar refractivity (Wildman–Crippen MR) is 89.9 cm³/mol. The highest BCUT2D eigenvalue weighted by atomic mass is 79.9. The van der Waals surface area contributed by atoms with Crippen LogP contribution in [0, 0.1) is 0 Å². The van der Waals surface area contributed by atoms with E-state index in [0.29, 0.717) is 12.6 Å². The molecule has 2 N–H and O–H groups in total. The van der Waals surface area contributed by atoms with Crippen molar-refractivity contribution in [2.75, 3.05) is 50.8 Å². The standard InChI is InChI=1S/C16H24BrN3O/c17-15-11-13(3-5-18)1-2-16(15)20-6-4-14(12-20)19-7-9-21-10-8-19/h1-2,11,14H,3-10,12,18H2. The molecular formula is C16H24BrN3O. The fraction of sp³-hybridized carbons (Fsp3) is 0.625. The van der Waals surface area contributed by atoms with Crippen LogP contribution in [0.25, 0.3) is 0 Å². The van der Waals surface area contributed by atoms with Crippen LogP contribution in [0.3, 0.4) is 0 Å². The number of nitrogens with two attached hydrogens (primary N) is 1. The van der Waals surface area contributed by atoms with Crippen LogP contribution in [0.1, 0.15) is 12.0 Å². The van der Waals surface area contributed by atoms with Crippen LogP contribution in [-0.4, -0.2) is 56.9 Å². The number of anilines is 1. The Kier molecular flexibility index (Phi) is 5.16. The third-order valence-electron chi connectivity index (χ3n) is 4.51. The zero-order valence-corrected chi connectivity index (χ0v) is 14.0. The summed E-state index contributed by atoms with van der Waals surface area (Å²) in [6.45, 7) is 6.88. The van der Waals surface area contributed by atoms with Gasteiger partial charge in [0.25, 0.3) is 0 Å². The third-order valence-corrected chi connectivity index (χ3v) is 5.15. The van der Waals surface area contributed by atoms with Gasteiger partial charge in [-0.15, -0.1) is 0 Å². The molecule has 21 heavy (non-hydrogen) atoms. The Morgan fingerprint density at radius 3 is 2.76 bits per heavy atom. The van der Waals surface area contributed by atoms with Gasteiger partial charge in [0, 0.05) is 36.7 Å². The normalized spacial score (nSPS) is 23.7. The van der Waals surface area contributed by atoms with Crippen LogP contribution in [0.15, 0.2) is 22.7 Å². The first-order chi connectivity index (χ1) is 10.3. The van der Waals surface area contributed by atoms with Gasteiger partial charge in [-0.05, 0) is 53.0 Å². The van der Waals surface area contributed by atoms with E-state index >= 15 is 0 Å². The number of nitrogens with zero attached hydrogens (tertiary/aromatic N) is 2. The second kappa shape index (κ2) is 7.09. The van der Waals surface area contributed by atoms with Gasteiger partial charge >= 0.3 is 0 Å². The van der Waals surface area contributed by atoms with Crippen molar-refractivity contribution in [1.82, 2.24) is 4.90 Å². The first-order valence-corrected chi connectivity index (χ1v) is 8.62. The van der Waals surface area contributed by atoms with Crippen LogP contribution in [0.2, 0.25) is 0 Å². The molecule has 0 spiro atoms. The molecule has 1 aromatic rings. The molecule has 1 atom stereocenters. The SMILES string of the molecule is NCCc1ccc(N2CCC(N3CCOCC3)C2)c(Br)c1. The molecule has 0 radical (unpaired) electrons. The van der Waals surface area contributed by atoms with Gasteiger partial charge in [0.2, 0.25) is 0 Å². The number of halogens is 1. The first-order valence-electron chi connectivity index (χ1n) is 7.83. The Morgan fingerprint density at radius 2 is 2.05 bits per heavy atom. The molecule has 0 saturated carbocycles. The number of hydrogen-bond acceptors (Lipinski definition) is 4. The summed E-state index contributed by atoms with van der Waals surface area (Å²) in [7, 11) is 0. The summed E-state index contributed by atoms with van der Waals surface area (Å²) in [4.78, 5) is 5.08. The lowest BCUT2D eigenvalue weighted by Gasteiger charge is -2.32. The van der Waals surface area contributed by atoms with Crippen LogP contribution < -0.4 is 10.6 Å². The van der Waals surface area contributed by atoms with Crippen molar-refractivity contribution in [3.63, 3.8) is 0 Å². The molecule has 0 aliphatic carbocycles. The average Bonchev–Trinajstić information content (AvgIpc) is 2.98. The van der Waals surface area contributed by atoms with Gasteiger partial charge in [-0.25, -0.2) is 0 Å². The average molecular weight is 354 g/mol. The largest absolute Gasteiger partial charge is 0.379 e. The second-order valence-electron chi connectivity index (χ2n) is 5.86. The lowest BCUT2D eigenvalue weighted by Crippen LogP contribution is -2.44. The summed E-state index contributed by atoms with van der Waals surface area (Å²) in [5, 5.41) is 0. The minimum absolute atomic E-state index is 0.671. The maximum atomic E-state index is 5.63. The Bertz CT molecular complexity index is 477. The quantitative estimate of drug-likeness (QED) is 0.896. The smallest absolute Gasteiger partial charge is 0.0594 e. The number of benzene rings is 1. The summed E-state index contributed by atoms with van der Waals surface area (Å²) in [6, 6.07) is 7.32. The molecule has 0 bridgehead atoms. The minimum Gasteiger partial charge on any atom is -0.379 e. The number of hydrogen-bond donors (Lipinski definition) is 1. The van der Waals surface area contributed by atoms with E-state index in [2.05, 4.69) is 43.9 Å². The van der Waals surface area contributed by atoms with Gasteiger partial charge < -0.3 is 15.4 Å². The Morgan fingerprint density at radius 1 is 1.24 bits per heavy atom. The summed E-state index contributed by atoms with van der Waals surface area (Å²) < 4.78 is 6.64. The molecule has 2 aliphatic heterocycles. The van der Waals surface area contributed by atoms with Gasteiger partial charge in [0.15, 0.2) is 0 Å². The van der Waals surface area contributed by atoms with E-state index in [0.717, 1.165) is 45.8 Å². The Labute approximate surface area is 135 Å². The van der Waals surface area contributed by atoms with E-state index < -0.39 is 0 Å². The van der Waals surface area contributed by atoms with Gasteiger partial charge in [-0.3, -0.25) is 4.90 Å². The zero-order chi connectivity index (χ0) is 14.7. The molecule has 116 valence electrons. The molecule has 0 amide bonds. The molecule has 2 saturated heterocycles. The van der Waals surface area contributed by atoms with Crippen LogP contribution >= 0.6 is 15.9 Å². The van der Waals surface area contributed by atoms with Crippen LogP contribution in [0.5, 0.6) is 0 Å². The van der Waals surface area contributed by atoms with E-state index in [1.54, 1.807) is 0 Å². The van der Waals surface area contributed by atoms with Crippen molar-refractivity contribution < 1.29 is 4.74 Å².